The Hall–Kier alpha value is -3.34. The SMILES string of the molecule is [3H]C1Cc2ccccc2CN1C(=O)c1c(C)c(C)c(C)c(C)c1-c1cc(C(=O)OC)c(C)n1C. The van der Waals surface area contributed by atoms with Crippen LogP contribution in [0.3, 0.4) is 0 Å². The van der Waals surface area contributed by atoms with E-state index in [0.29, 0.717) is 24.1 Å². The van der Waals surface area contributed by atoms with Gasteiger partial charge in [-0.05, 0) is 80.5 Å². The Morgan fingerprint density at radius 1 is 0.970 bits per heavy atom. The Balaban J connectivity index is 1.93. The molecule has 4 rings (SSSR count). The molecule has 0 saturated heterocycles. The van der Waals surface area contributed by atoms with Crippen molar-refractivity contribution in [2.24, 2.45) is 7.05 Å². The fraction of sp³-hybridized carbons (Fsp3) is 0.357. The zero-order chi connectivity index (χ0) is 24.9. The average molecular weight is 447 g/mol. The second kappa shape index (κ2) is 8.54. The van der Waals surface area contributed by atoms with Crippen LogP contribution < -0.4 is 0 Å². The molecule has 1 unspecified atom stereocenters. The van der Waals surface area contributed by atoms with Gasteiger partial charge in [0, 0.05) is 38.4 Å². The van der Waals surface area contributed by atoms with E-state index in [0.717, 1.165) is 50.3 Å². The maximum Gasteiger partial charge on any atom is 0.339 e. The van der Waals surface area contributed by atoms with Crippen molar-refractivity contribution in [3.05, 3.63) is 80.5 Å². The maximum absolute atomic E-state index is 14.1. The number of hydrogen-bond acceptors (Lipinski definition) is 3. The molecule has 1 amide bonds. The molecule has 0 saturated carbocycles. The zero-order valence-electron chi connectivity index (χ0n) is 21.5. The van der Waals surface area contributed by atoms with Crippen LogP contribution >= 0.6 is 0 Å². The quantitative estimate of drug-likeness (QED) is 0.519. The molecule has 5 heteroatoms. The third-order valence-electron chi connectivity index (χ3n) is 7.35. The first-order valence-corrected chi connectivity index (χ1v) is 11.2. The molecule has 1 aromatic heterocycles. The van der Waals surface area contributed by atoms with E-state index in [2.05, 4.69) is 6.92 Å². The second-order valence-electron chi connectivity index (χ2n) is 8.92. The van der Waals surface area contributed by atoms with Gasteiger partial charge in [-0.1, -0.05) is 24.3 Å². The molecule has 172 valence electrons. The molecule has 33 heavy (non-hydrogen) atoms. The van der Waals surface area contributed by atoms with Crippen molar-refractivity contribution in [2.45, 2.75) is 47.6 Å². The molecule has 5 nitrogen and oxygen atoms in total. The highest BCUT2D eigenvalue weighted by atomic mass is 16.5. The van der Waals surface area contributed by atoms with Gasteiger partial charge in [0.25, 0.3) is 5.91 Å². The molecule has 1 aliphatic rings. The summed E-state index contributed by atoms with van der Waals surface area (Å²) in [6, 6.07) is 9.84. The number of carbonyl (C=O) groups is 2. The van der Waals surface area contributed by atoms with Gasteiger partial charge in [-0.3, -0.25) is 4.79 Å². The normalized spacial score (nSPS) is 15.8. The predicted molar refractivity (Wildman–Crippen MR) is 131 cm³/mol. The number of ether oxygens (including phenoxy) is 1. The minimum Gasteiger partial charge on any atom is -0.465 e. The van der Waals surface area contributed by atoms with Gasteiger partial charge in [-0.2, -0.15) is 0 Å². The third kappa shape index (κ3) is 3.65. The number of aromatic nitrogens is 1. The van der Waals surface area contributed by atoms with E-state index in [1.54, 1.807) is 4.90 Å². The van der Waals surface area contributed by atoms with E-state index in [-0.39, 0.29) is 5.91 Å². The van der Waals surface area contributed by atoms with Crippen LogP contribution in [-0.2, 0) is 24.8 Å². The predicted octanol–water partition coefficient (Wildman–Crippen LogP) is 5.22. The lowest BCUT2D eigenvalue weighted by molar-refractivity contribution is 0.0599. The zero-order valence-corrected chi connectivity index (χ0v) is 20.5. The van der Waals surface area contributed by atoms with Crippen molar-refractivity contribution in [2.75, 3.05) is 13.6 Å². The number of benzene rings is 2. The molecule has 0 aliphatic carbocycles. The first-order valence-electron chi connectivity index (χ1n) is 11.8. The summed E-state index contributed by atoms with van der Waals surface area (Å²) in [6.45, 7) is 9.74. The summed E-state index contributed by atoms with van der Waals surface area (Å²) in [5.74, 6) is -0.545. The lowest BCUT2D eigenvalue weighted by Gasteiger charge is -2.31. The van der Waals surface area contributed by atoms with Crippen LogP contribution in [0.1, 0.15) is 61.2 Å². The van der Waals surface area contributed by atoms with Crippen LogP contribution in [-0.4, -0.2) is 35.0 Å². The molecule has 2 aromatic carbocycles. The number of esters is 1. The van der Waals surface area contributed by atoms with E-state index in [1.807, 2.05) is 69.6 Å². The lowest BCUT2D eigenvalue weighted by Crippen LogP contribution is -2.37. The average Bonchev–Trinajstić information content (AvgIpc) is 3.12. The number of methoxy groups -OCH3 is 1. The lowest BCUT2D eigenvalue weighted by atomic mass is 9.86. The molecule has 2 heterocycles. The first-order chi connectivity index (χ1) is 16.1. The summed E-state index contributed by atoms with van der Waals surface area (Å²) < 4.78 is 15.7. The Morgan fingerprint density at radius 3 is 2.27 bits per heavy atom. The molecule has 3 aromatic rings. The van der Waals surface area contributed by atoms with Gasteiger partial charge in [0.2, 0.25) is 0 Å². The number of rotatable bonds is 3. The smallest absolute Gasteiger partial charge is 0.339 e. The topological polar surface area (TPSA) is 51.5 Å². The van der Waals surface area contributed by atoms with E-state index in [4.69, 9.17) is 6.11 Å². The van der Waals surface area contributed by atoms with Gasteiger partial charge in [0.15, 0.2) is 0 Å². The van der Waals surface area contributed by atoms with E-state index < -0.39 is 12.5 Å². The van der Waals surface area contributed by atoms with E-state index >= 15 is 0 Å². The van der Waals surface area contributed by atoms with Gasteiger partial charge in [-0.25, -0.2) is 4.79 Å². The van der Waals surface area contributed by atoms with Gasteiger partial charge in [0.1, 0.15) is 0 Å². The number of hydrogen-bond donors (Lipinski definition) is 0. The number of aryl methyl sites for hydroxylation is 1. The molecule has 0 spiro atoms. The fourth-order valence-electron chi connectivity index (χ4n) is 4.82. The van der Waals surface area contributed by atoms with E-state index in [1.165, 1.54) is 7.11 Å². The summed E-state index contributed by atoms with van der Waals surface area (Å²) in [5, 5.41) is 0. The molecule has 0 bridgehead atoms. The largest absolute Gasteiger partial charge is 0.465 e. The standard InChI is InChI=1S/C28H32N2O3/c1-16-17(2)19(4)26(27(31)30-13-12-21-10-8-9-11-22(21)15-30)25(18(16)3)24-14-23(28(32)33-7)20(5)29(24)6/h8-11,14H,12-13,15H2,1-7H3/i13T. The minimum absolute atomic E-state index is 0.147. The summed E-state index contributed by atoms with van der Waals surface area (Å²) in [4.78, 5) is 28.2. The molecule has 0 fully saturated rings. The number of nitrogens with zero attached hydrogens (tertiary/aromatic N) is 2. The first kappa shape index (κ1) is 21.5. The van der Waals surface area contributed by atoms with Crippen molar-refractivity contribution in [1.82, 2.24) is 9.47 Å². The Labute approximate surface area is 197 Å². The van der Waals surface area contributed by atoms with Crippen LogP contribution in [0.15, 0.2) is 30.3 Å². The molecular formula is C28H32N2O3. The van der Waals surface area contributed by atoms with Crippen molar-refractivity contribution in [1.29, 1.82) is 0 Å². The summed E-state index contributed by atoms with van der Waals surface area (Å²) in [6.07, 6.45) is 0.510. The van der Waals surface area contributed by atoms with Crippen molar-refractivity contribution >= 4 is 11.9 Å². The highest BCUT2D eigenvalue weighted by Gasteiger charge is 2.30. The molecular weight excluding hydrogens is 412 g/mol. The molecule has 0 N–H and O–H groups in total. The number of amides is 1. The third-order valence-corrected chi connectivity index (χ3v) is 7.35. The summed E-state index contributed by atoms with van der Waals surface area (Å²) in [5.41, 5.74) is 9.80. The van der Waals surface area contributed by atoms with Crippen LogP contribution in [0, 0.1) is 34.6 Å². The second-order valence-corrected chi connectivity index (χ2v) is 8.92. The van der Waals surface area contributed by atoms with Gasteiger partial charge >= 0.3 is 5.97 Å². The molecule has 1 aliphatic heterocycles. The molecule has 0 radical (unpaired) electrons. The summed E-state index contributed by atoms with van der Waals surface area (Å²) in [7, 11) is 3.27. The van der Waals surface area contributed by atoms with E-state index in [9.17, 15) is 9.59 Å². The van der Waals surface area contributed by atoms with Gasteiger partial charge < -0.3 is 14.2 Å². The van der Waals surface area contributed by atoms with Crippen LogP contribution in [0.5, 0.6) is 0 Å². The van der Waals surface area contributed by atoms with Crippen LogP contribution in [0.2, 0.25) is 0 Å². The number of fused-ring (bicyclic) bond motifs is 1. The minimum atomic E-state index is -0.655. The van der Waals surface area contributed by atoms with Crippen molar-refractivity contribution < 1.29 is 15.7 Å². The highest BCUT2D eigenvalue weighted by Crippen LogP contribution is 2.37. The van der Waals surface area contributed by atoms with Crippen molar-refractivity contribution in [3.63, 3.8) is 0 Å². The highest BCUT2D eigenvalue weighted by molar-refractivity contribution is 6.04. The van der Waals surface area contributed by atoms with Gasteiger partial charge in [-0.15, -0.1) is 0 Å². The Morgan fingerprint density at radius 2 is 1.61 bits per heavy atom. The van der Waals surface area contributed by atoms with Crippen molar-refractivity contribution in [3.8, 4) is 11.3 Å². The van der Waals surface area contributed by atoms with Crippen LogP contribution in [0.4, 0.5) is 0 Å². The maximum atomic E-state index is 14.1. The summed E-state index contributed by atoms with van der Waals surface area (Å²) >= 11 is 0. The van der Waals surface area contributed by atoms with Gasteiger partial charge in [0.05, 0.1) is 18.2 Å². The Bertz CT molecular complexity index is 1320. The number of carbonyl (C=O) groups excluding carboxylic acids is 2. The Kier molecular flexibility index (Phi) is 5.57. The monoisotopic (exact) mass is 446 g/mol. The fourth-order valence-corrected chi connectivity index (χ4v) is 4.82. The molecule has 1 atom stereocenters. The van der Waals surface area contributed by atoms with Crippen LogP contribution in [0.25, 0.3) is 11.3 Å².